The summed E-state index contributed by atoms with van der Waals surface area (Å²) >= 11 is 9.04. The predicted molar refractivity (Wildman–Crippen MR) is 73.0 cm³/mol. The van der Waals surface area contributed by atoms with Gasteiger partial charge in [0.15, 0.2) is 0 Å². The topological polar surface area (TPSA) is 78.4 Å². The van der Waals surface area contributed by atoms with E-state index in [1.165, 1.54) is 0 Å². The molecule has 3 N–H and O–H groups in total. The molecule has 1 aromatic rings. The molecule has 0 aliphatic rings. The van der Waals surface area contributed by atoms with Gasteiger partial charge in [-0.25, -0.2) is 9.59 Å². The summed E-state index contributed by atoms with van der Waals surface area (Å²) < 4.78 is 0.646. The third-order valence-electron chi connectivity index (χ3n) is 2.19. The van der Waals surface area contributed by atoms with Gasteiger partial charge < -0.3 is 15.7 Å². The maximum absolute atomic E-state index is 11.5. The minimum Gasteiger partial charge on any atom is -0.480 e. The molecule has 0 heterocycles. The van der Waals surface area contributed by atoms with Crippen LogP contribution in [0.1, 0.15) is 13.3 Å². The number of carbonyl (C=O) groups is 2. The van der Waals surface area contributed by atoms with Crippen LogP contribution in [-0.4, -0.2) is 23.1 Å². The summed E-state index contributed by atoms with van der Waals surface area (Å²) in [6.07, 6.45) is 0.313. The molecule has 0 radical (unpaired) electrons. The van der Waals surface area contributed by atoms with Gasteiger partial charge >= 0.3 is 12.0 Å². The van der Waals surface area contributed by atoms with Crippen molar-refractivity contribution >= 4 is 45.2 Å². The first-order valence-electron chi connectivity index (χ1n) is 5.19. The van der Waals surface area contributed by atoms with Crippen LogP contribution >= 0.6 is 27.5 Å². The van der Waals surface area contributed by atoms with Gasteiger partial charge in [-0.1, -0.05) is 18.5 Å². The number of halogens is 2. The fraction of sp³-hybridized carbons (Fsp3) is 0.273. The van der Waals surface area contributed by atoms with Crippen molar-refractivity contribution in [2.24, 2.45) is 0 Å². The Labute approximate surface area is 118 Å². The van der Waals surface area contributed by atoms with Crippen molar-refractivity contribution in [3.63, 3.8) is 0 Å². The second-order valence-corrected chi connectivity index (χ2v) is 4.79. The van der Waals surface area contributed by atoms with Crippen molar-refractivity contribution < 1.29 is 14.7 Å². The van der Waals surface area contributed by atoms with Crippen molar-refractivity contribution in [3.8, 4) is 0 Å². The van der Waals surface area contributed by atoms with E-state index in [0.29, 0.717) is 21.6 Å². The minimum absolute atomic E-state index is 0.313. The molecule has 0 saturated carbocycles. The average molecular weight is 336 g/mol. The predicted octanol–water partition coefficient (Wildman–Crippen LogP) is 3.09. The molecule has 0 fully saturated rings. The van der Waals surface area contributed by atoms with Gasteiger partial charge in [-0.2, -0.15) is 0 Å². The fourth-order valence-corrected chi connectivity index (χ4v) is 1.73. The van der Waals surface area contributed by atoms with Crippen LogP contribution in [0.3, 0.4) is 0 Å². The Balaban J connectivity index is 2.64. The SMILES string of the molecule is CC[C@H](NC(=O)Nc1ccc(Cl)c(Br)c1)C(=O)O. The second kappa shape index (κ2) is 6.61. The first kappa shape index (κ1) is 14.8. The van der Waals surface area contributed by atoms with Crippen LogP contribution < -0.4 is 10.6 Å². The number of carbonyl (C=O) groups excluding carboxylic acids is 1. The molecule has 1 aromatic carbocycles. The smallest absolute Gasteiger partial charge is 0.326 e. The van der Waals surface area contributed by atoms with E-state index >= 15 is 0 Å². The van der Waals surface area contributed by atoms with Gasteiger partial charge in [0.05, 0.1) is 5.02 Å². The monoisotopic (exact) mass is 334 g/mol. The molecule has 2 amide bonds. The van der Waals surface area contributed by atoms with Crippen molar-refractivity contribution in [2.45, 2.75) is 19.4 Å². The Morgan fingerprint density at radius 2 is 2.17 bits per heavy atom. The number of hydrogen-bond donors (Lipinski definition) is 3. The molecule has 1 atom stereocenters. The Morgan fingerprint density at radius 3 is 2.67 bits per heavy atom. The Kier molecular flexibility index (Phi) is 5.43. The van der Waals surface area contributed by atoms with E-state index in [2.05, 4.69) is 26.6 Å². The van der Waals surface area contributed by atoms with E-state index in [1.807, 2.05) is 0 Å². The summed E-state index contributed by atoms with van der Waals surface area (Å²) in [6.45, 7) is 1.68. The maximum atomic E-state index is 11.5. The summed E-state index contributed by atoms with van der Waals surface area (Å²) in [7, 11) is 0. The average Bonchev–Trinajstić information content (AvgIpc) is 2.30. The Bertz CT molecular complexity index is 468. The molecule has 7 heteroatoms. The van der Waals surface area contributed by atoms with Gasteiger partial charge in [0.2, 0.25) is 0 Å². The van der Waals surface area contributed by atoms with Gasteiger partial charge in [-0.05, 0) is 40.5 Å². The molecule has 18 heavy (non-hydrogen) atoms. The van der Waals surface area contributed by atoms with Crippen molar-refractivity contribution in [2.75, 3.05) is 5.32 Å². The molecule has 5 nitrogen and oxygen atoms in total. The largest absolute Gasteiger partial charge is 0.480 e. The van der Waals surface area contributed by atoms with Gasteiger partial charge in [0.25, 0.3) is 0 Å². The number of urea groups is 1. The van der Waals surface area contributed by atoms with Crippen LogP contribution in [0.25, 0.3) is 0 Å². The van der Waals surface area contributed by atoms with E-state index in [0.717, 1.165) is 0 Å². The normalized spacial score (nSPS) is 11.7. The minimum atomic E-state index is -1.06. The molecule has 0 aliphatic carbocycles. The Hall–Kier alpha value is -1.27. The summed E-state index contributed by atoms with van der Waals surface area (Å²) in [6, 6.07) is 3.40. The van der Waals surface area contributed by atoms with Crippen molar-refractivity contribution in [1.29, 1.82) is 0 Å². The lowest BCUT2D eigenvalue weighted by molar-refractivity contribution is -0.139. The van der Waals surface area contributed by atoms with Crippen LogP contribution in [0.2, 0.25) is 5.02 Å². The lowest BCUT2D eigenvalue weighted by atomic mass is 10.2. The van der Waals surface area contributed by atoms with Crippen LogP contribution in [-0.2, 0) is 4.79 Å². The number of anilines is 1. The highest BCUT2D eigenvalue weighted by molar-refractivity contribution is 9.10. The standard InChI is InChI=1S/C11H12BrClN2O3/c1-2-9(10(16)17)15-11(18)14-6-3-4-8(13)7(12)5-6/h3-5,9H,2H2,1H3,(H,16,17)(H2,14,15,18)/t9-/m0/s1. The summed E-state index contributed by atoms with van der Waals surface area (Å²) in [4.78, 5) is 22.3. The van der Waals surface area contributed by atoms with Gasteiger partial charge in [0.1, 0.15) is 6.04 Å². The quantitative estimate of drug-likeness (QED) is 0.791. The number of rotatable bonds is 4. The van der Waals surface area contributed by atoms with Crippen LogP contribution in [0.15, 0.2) is 22.7 Å². The molecule has 0 unspecified atom stereocenters. The van der Waals surface area contributed by atoms with E-state index < -0.39 is 18.0 Å². The number of aliphatic carboxylic acids is 1. The van der Waals surface area contributed by atoms with Crippen molar-refractivity contribution in [3.05, 3.63) is 27.7 Å². The number of nitrogens with one attached hydrogen (secondary N) is 2. The number of carboxylic acid groups (broad SMARTS) is 1. The van der Waals surface area contributed by atoms with Crippen molar-refractivity contribution in [1.82, 2.24) is 5.32 Å². The van der Waals surface area contributed by atoms with Crippen LogP contribution in [0.5, 0.6) is 0 Å². The highest BCUT2D eigenvalue weighted by atomic mass is 79.9. The first-order chi connectivity index (χ1) is 8.43. The summed E-state index contributed by atoms with van der Waals surface area (Å²) in [5.41, 5.74) is 0.518. The summed E-state index contributed by atoms with van der Waals surface area (Å²) in [5.74, 6) is -1.06. The highest BCUT2D eigenvalue weighted by Gasteiger charge is 2.17. The van der Waals surface area contributed by atoms with E-state index in [1.54, 1.807) is 25.1 Å². The molecule has 0 aromatic heterocycles. The lowest BCUT2D eigenvalue weighted by Gasteiger charge is -2.13. The molecule has 0 spiro atoms. The van der Waals surface area contributed by atoms with Gasteiger partial charge in [-0.15, -0.1) is 0 Å². The molecule has 0 saturated heterocycles. The fourth-order valence-electron chi connectivity index (χ4n) is 1.24. The molecular weight excluding hydrogens is 323 g/mol. The first-order valence-corrected chi connectivity index (χ1v) is 6.36. The third kappa shape index (κ3) is 4.19. The van der Waals surface area contributed by atoms with E-state index in [4.69, 9.17) is 16.7 Å². The number of amides is 2. The van der Waals surface area contributed by atoms with Gasteiger partial charge in [0, 0.05) is 10.2 Å². The van der Waals surface area contributed by atoms with E-state index in [9.17, 15) is 9.59 Å². The van der Waals surface area contributed by atoms with Gasteiger partial charge in [-0.3, -0.25) is 0 Å². The zero-order valence-electron chi connectivity index (χ0n) is 9.54. The molecular formula is C11H12BrClN2O3. The third-order valence-corrected chi connectivity index (χ3v) is 3.40. The highest BCUT2D eigenvalue weighted by Crippen LogP contribution is 2.25. The molecule has 98 valence electrons. The molecule has 0 bridgehead atoms. The molecule has 0 aliphatic heterocycles. The zero-order valence-corrected chi connectivity index (χ0v) is 11.9. The second-order valence-electron chi connectivity index (χ2n) is 3.53. The van der Waals surface area contributed by atoms with E-state index in [-0.39, 0.29) is 0 Å². The lowest BCUT2D eigenvalue weighted by Crippen LogP contribution is -2.42. The maximum Gasteiger partial charge on any atom is 0.326 e. The number of hydrogen-bond acceptors (Lipinski definition) is 2. The Morgan fingerprint density at radius 1 is 1.50 bits per heavy atom. The van der Waals surface area contributed by atoms with Crippen LogP contribution in [0, 0.1) is 0 Å². The van der Waals surface area contributed by atoms with Crippen LogP contribution in [0.4, 0.5) is 10.5 Å². The molecule has 1 rings (SSSR count). The number of carboxylic acids is 1. The summed E-state index contributed by atoms with van der Waals surface area (Å²) in [5, 5.41) is 14.2. The number of benzene rings is 1. The zero-order chi connectivity index (χ0) is 13.7.